The van der Waals surface area contributed by atoms with Crippen LogP contribution in [-0.4, -0.2) is 29.2 Å². The topological polar surface area (TPSA) is 101 Å². The third-order valence-corrected chi connectivity index (χ3v) is 6.54. The van der Waals surface area contributed by atoms with E-state index in [4.69, 9.17) is 15.2 Å². The maximum Gasteiger partial charge on any atom is 0.338 e. The van der Waals surface area contributed by atoms with E-state index in [9.17, 15) is 14.4 Å². The molecule has 8 heteroatoms. The molecule has 4 rings (SSSR count). The SMILES string of the molecule is CCOC(=O)C1=C(N)n2c(s/c(=C\c3ccccc3)c2=O)=C(C(=O)OC(C)C)[C@H]1c1ccccc1. The summed E-state index contributed by atoms with van der Waals surface area (Å²) >= 11 is 1.14. The fourth-order valence-electron chi connectivity index (χ4n) is 4.01. The molecule has 0 saturated heterocycles. The second-order valence-corrected chi connectivity index (χ2v) is 9.23. The van der Waals surface area contributed by atoms with Crippen LogP contribution in [0.3, 0.4) is 0 Å². The van der Waals surface area contributed by atoms with E-state index in [-0.39, 0.29) is 23.6 Å². The summed E-state index contributed by atoms with van der Waals surface area (Å²) in [5.41, 5.74) is 7.76. The number of esters is 2. The molecule has 0 saturated carbocycles. The number of nitrogens with two attached hydrogens (primary N) is 1. The van der Waals surface area contributed by atoms with Gasteiger partial charge in [0.25, 0.3) is 5.56 Å². The van der Waals surface area contributed by atoms with Crippen molar-refractivity contribution < 1.29 is 19.1 Å². The van der Waals surface area contributed by atoms with Crippen molar-refractivity contribution in [3.05, 3.63) is 96.9 Å². The lowest BCUT2D eigenvalue weighted by Crippen LogP contribution is -2.42. The van der Waals surface area contributed by atoms with Crippen molar-refractivity contribution in [1.82, 2.24) is 4.57 Å². The van der Waals surface area contributed by atoms with Crippen molar-refractivity contribution in [2.24, 2.45) is 5.73 Å². The minimum Gasteiger partial charge on any atom is -0.463 e. The van der Waals surface area contributed by atoms with Gasteiger partial charge in [0.05, 0.1) is 34.3 Å². The summed E-state index contributed by atoms with van der Waals surface area (Å²) < 4.78 is 12.8. The number of nitrogens with zero attached hydrogens (tertiary/aromatic N) is 1. The van der Waals surface area contributed by atoms with Crippen LogP contribution < -0.4 is 20.5 Å². The van der Waals surface area contributed by atoms with E-state index in [1.165, 1.54) is 4.57 Å². The zero-order valence-electron chi connectivity index (χ0n) is 19.7. The number of aromatic nitrogens is 1. The average Bonchev–Trinajstić information content (AvgIpc) is 3.15. The van der Waals surface area contributed by atoms with E-state index in [1.807, 2.05) is 48.5 Å². The first-order valence-corrected chi connectivity index (χ1v) is 12.1. The van der Waals surface area contributed by atoms with Gasteiger partial charge in [0.1, 0.15) is 10.5 Å². The Morgan fingerprint density at radius 1 is 1.03 bits per heavy atom. The van der Waals surface area contributed by atoms with Crippen molar-refractivity contribution in [1.29, 1.82) is 0 Å². The van der Waals surface area contributed by atoms with Crippen molar-refractivity contribution in [2.75, 3.05) is 6.61 Å². The molecule has 0 spiro atoms. The van der Waals surface area contributed by atoms with Gasteiger partial charge in [0, 0.05) is 0 Å². The van der Waals surface area contributed by atoms with Gasteiger partial charge in [-0.2, -0.15) is 0 Å². The number of carbonyl (C=O) groups excluding carboxylic acids is 2. The van der Waals surface area contributed by atoms with Gasteiger partial charge in [-0.05, 0) is 38.0 Å². The normalized spacial score (nSPS) is 15.8. The predicted octanol–water partition coefficient (Wildman–Crippen LogP) is 2.33. The molecule has 7 nitrogen and oxygen atoms in total. The van der Waals surface area contributed by atoms with Gasteiger partial charge in [-0.15, -0.1) is 11.3 Å². The lowest BCUT2D eigenvalue weighted by Gasteiger charge is -2.27. The number of hydrogen-bond donors (Lipinski definition) is 1. The minimum absolute atomic E-state index is 0.0346. The lowest BCUT2D eigenvalue weighted by atomic mass is 9.83. The predicted molar refractivity (Wildman–Crippen MR) is 136 cm³/mol. The summed E-state index contributed by atoms with van der Waals surface area (Å²) in [6.07, 6.45) is 1.33. The lowest BCUT2D eigenvalue weighted by molar-refractivity contribution is -0.140. The zero-order valence-corrected chi connectivity index (χ0v) is 20.5. The Balaban J connectivity index is 2.11. The van der Waals surface area contributed by atoms with Crippen LogP contribution in [0, 0.1) is 0 Å². The number of ether oxygens (including phenoxy) is 2. The van der Waals surface area contributed by atoms with Gasteiger partial charge in [-0.25, -0.2) is 9.59 Å². The zero-order chi connectivity index (χ0) is 25.1. The number of rotatable bonds is 6. The monoisotopic (exact) mass is 490 g/mol. The number of hydrogen-bond acceptors (Lipinski definition) is 7. The van der Waals surface area contributed by atoms with Gasteiger partial charge in [-0.3, -0.25) is 9.36 Å². The molecule has 2 N–H and O–H groups in total. The Kier molecular flexibility index (Phi) is 7.02. The average molecular weight is 491 g/mol. The van der Waals surface area contributed by atoms with Gasteiger partial charge in [0.2, 0.25) is 0 Å². The quantitative estimate of drug-likeness (QED) is 0.533. The largest absolute Gasteiger partial charge is 0.463 e. The van der Waals surface area contributed by atoms with E-state index < -0.39 is 29.5 Å². The van der Waals surface area contributed by atoms with Crippen molar-refractivity contribution >= 4 is 40.7 Å². The highest BCUT2D eigenvalue weighted by molar-refractivity contribution is 7.07. The van der Waals surface area contributed by atoms with Crippen LogP contribution in [0.5, 0.6) is 0 Å². The minimum atomic E-state index is -0.857. The summed E-state index contributed by atoms with van der Waals surface area (Å²) in [4.78, 5) is 40.1. The molecule has 1 aliphatic heterocycles. The highest BCUT2D eigenvalue weighted by Gasteiger charge is 2.40. The van der Waals surface area contributed by atoms with E-state index in [1.54, 1.807) is 39.0 Å². The number of thiazole rings is 1. The molecule has 1 aliphatic rings. The van der Waals surface area contributed by atoms with Gasteiger partial charge in [-0.1, -0.05) is 60.7 Å². The van der Waals surface area contributed by atoms with E-state index in [0.717, 1.165) is 16.9 Å². The first-order valence-electron chi connectivity index (χ1n) is 11.3. The molecule has 0 aliphatic carbocycles. The second kappa shape index (κ2) is 10.1. The van der Waals surface area contributed by atoms with Gasteiger partial charge >= 0.3 is 11.9 Å². The van der Waals surface area contributed by atoms with Crippen LogP contribution in [0.1, 0.15) is 37.8 Å². The Hall–Kier alpha value is -3.91. The van der Waals surface area contributed by atoms with E-state index in [2.05, 4.69) is 0 Å². The van der Waals surface area contributed by atoms with Crippen molar-refractivity contribution in [3.8, 4) is 0 Å². The first kappa shape index (κ1) is 24.2. The maximum absolute atomic E-state index is 13.5. The van der Waals surface area contributed by atoms with Crippen LogP contribution in [0.4, 0.5) is 0 Å². The Morgan fingerprint density at radius 3 is 2.26 bits per heavy atom. The molecule has 1 atom stereocenters. The van der Waals surface area contributed by atoms with Crippen LogP contribution >= 0.6 is 11.3 Å². The molecule has 3 aromatic rings. The fourth-order valence-corrected chi connectivity index (χ4v) is 5.18. The molecule has 180 valence electrons. The fraction of sp³-hybridized carbons (Fsp3) is 0.222. The van der Waals surface area contributed by atoms with Crippen LogP contribution in [-0.2, 0) is 19.1 Å². The molecule has 2 aromatic carbocycles. The molecular formula is C27H26N2O5S. The molecule has 2 heterocycles. The maximum atomic E-state index is 13.5. The third kappa shape index (κ3) is 4.70. The molecule has 0 amide bonds. The summed E-state index contributed by atoms with van der Waals surface area (Å²) in [5, 5.41) is 0. The van der Waals surface area contributed by atoms with E-state index >= 15 is 0 Å². The molecular weight excluding hydrogens is 464 g/mol. The van der Waals surface area contributed by atoms with Gasteiger partial charge in [0.15, 0.2) is 0 Å². The van der Waals surface area contributed by atoms with Crippen LogP contribution in [0.15, 0.2) is 71.0 Å². The van der Waals surface area contributed by atoms with Crippen molar-refractivity contribution in [3.63, 3.8) is 0 Å². The highest BCUT2D eigenvalue weighted by atomic mass is 32.1. The molecule has 0 bridgehead atoms. The number of fused-ring (bicyclic) bond motifs is 1. The molecule has 35 heavy (non-hydrogen) atoms. The van der Waals surface area contributed by atoms with Gasteiger partial charge < -0.3 is 15.2 Å². The summed E-state index contributed by atoms with van der Waals surface area (Å²) in [7, 11) is 0. The van der Waals surface area contributed by atoms with E-state index in [0.29, 0.717) is 14.8 Å². The Morgan fingerprint density at radius 2 is 1.66 bits per heavy atom. The molecule has 0 unspecified atom stereocenters. The molecule has 1 aromatic heterocycles. The Bertz CT molecular complexity index is 1470. The van der Waals surface area contributed by atoms with Crippen LogP contribution in [0.25, 0.3) is 17.5 Å². The van der Waals surface area contributed by atoms with Crippen LogP contribution in [0.2, 0.25) is 0 Å². The Labute approximate surface area is 206 Å². The summed E-state index contributed by atoms with van der Waals surface area (Å²) in [6.45, 7) is 5.28. The molecule has 0 fully saturated rings. The van der Waals surface area contributed by atoms with Crippen molar-refractivity contribution in [2.45, 2.75) is 32.8 Å². The number of carbonyl (C=O) groups is 2. The second-order valence-electron chi connectivity index (χ2n) is 8.20. The number of benzene rings is 2. The summed E-state index contributed by atoms with van der Waals surface area (Å²) in [5.74, 6) is -2.22. The smallest absolute Gasteiger partial charge is 0.338 e. The third-order valence-electron chi connectivity index (χ3n) is 5.44. The highest BCUT2D eigenvalue weighted by Crippen LogP contribution is 2.37. The first-order chi connectivity index (χ1) is 16.8. The summed E-state index contributed by atoms with van der Waals surface area (Å²) in [6, 6.07) is 18.4. The standard InChI is InChI=1S/C27H26N2O5S/c1-4-33-26(31)21-20(18-13-9-6-10-14-18)22(27(32)34-16(2)3)25-29(23(21)28)24(30)19(35-25)15-17-11-7-5-8-12-17/h5-16,20H,4,28H2,1-3H3/b19-15-/t20-/m0/s1. The molecule has 0 radical (unpaired) electrons.